The third-order valence-electron chi connectivity index (χ3n) is 3.95. The van der Waals surface area contributed by atoms with Gasteiger partial charge in [-0.1, -0.05) is 12.1 Å². The zero-order valence-electron chi connectivity index (χ0n) is 13.7. The molecular weight excluding hydrogens is 289 g/mol. The van der Waals surface area contributed by atoms with Crippen LogP contribution in [0.5, 0.6) is 0 Å². The van der Waals surface area contributed by atoms with Gasteiger partial charge in [-0.15, -0.1) is 0 Å². The highest BCUT2D eigenvalue weighted by Gasteiger charge is 2.11. The average molecular weight is 309 g/mol. The first-order valence-corrected chi connectivity index (χ1v) is 7.73. The number of hydrogen-bond acceptors (Lipinski definition) is 2. The number of nitrogens with zero attached hydrogens (tertiary/aromatic N) is 3. The van der Waals surface area contributed by atoms with Crippen molar-refractivity contribution in [1.29, 1.82) is 0 Å². The Morgan fingerprint density at radius 1 is 1.00 bits per heavy atom. The Morgan fingerprint density at radius 2 is 1.78 bits per heavy atom. The van der Waals surface area contributed by atoms with Crippen LogP contribution in [0, 0.1) is 19.7 Å². The van der Waals surface area contributed by atoms with Gasteiger partial charge in [0.25, 0.3) is 0 Å². The number of pyridine rings is 1. The first-order chi connectivity index (χ1) is 11.0. The number of halogens is 1. The quantitative estimate of drug-likeness (QED) is 0.728. The minimum Gasteiger partial charge on any atom is -0.268 e. The predicted octanol–water partition coefficient (Wildman–Crippen LogP) is 4.02. The molecule has 3 rings (SSSR count). The molecule has 0 N–H and O–H groups in total. The Bertz CT molecular complexity index is 836. The van der Waals surface area contributed by atoms with Gasteiger partial charge in [-0.05, 0) is 61.6 Å². The molecule has 3 aromatic rings. The van der Waals surface area contributed by atoms with Crippen molar-refractivity contribution in [3.63, 3.8) is 0 Å². The average Bonchev–Trinajstić information content (AvgIpc) is 2.84. The van der Waals surface area contributed by atoms with Crippen LogP contribution in [-0.2, 0) is 19.9 Å². The molecule has 2 heterocycles. The highest BCUT2D eigenvalue weighted by molar-refractivity contribution is 5.61. The van der Waals surface area contributed by atoms with Gasteiger partial charge in [-0.3, -0.25) is 9.67 Å². The molecule has 2 aromatic heterocycles. The maximum Gasteiger partial charge on any atom is 0.132 e. The normalized spacial score (nSPS) is 11.0. The van der Waals surface area contributed by atoms with E-state index in [-0.39, 0.29) is 5.82 Å². The maximum absolute atomic E-state index is 14.5. The van der Waals surface area contributed by atoms with E-state index in [4.69, 9.17) is 0 Å². The molecule has 23 heavy (non-hydrogen) atoms. The highest BCUT2D eigenvalue weighted by Crippen LogP contribution is 2.24. The first-order valence-electron chi connectivity index (χ1n) is 7.73. The van der Waals surface area contributed by atoms with Gasteiger partial charge in [0.05, 0.1) is 11.4 Å². The molecule has 0 saturated heterocycles. The van der Waals surface area contributed by atoms with Crippen LogP contribution in [-0.4, -0.2) is 14.8 Å². The van der Waals surface area contributed by atoms with Crippen LogP contribution < -0.4 is 0 Å². The first kappa shape index (κ1) is 15.4. The van der Waals surface area contributed by atoms with Crippen molar-refractivity contribution in [2.24, 2.45) is 7.05 Å². The van der Waals surface area contributed by atoms with Crippen LogP contribution in [0.3, 0.4) is 0 Å². The van der Waals surface area contributed by atoms with E-state index in [1.807, 2.05) is 51.5 Å². The minimum absolute atomic E-state index is 0.201. The summed E-state index contributed by atoms with van der Waals surface area (Å²) in [4.78, 5) is 4.20. The summed E-state index contributed by atoms with van der Waals surface area (Å²) in [6.45, 7) is 3.94. The van der Waals surface area contributed by atoms with Crippen molar-refractivity contribution in [3.8, 4) is 11.3 Å². The van der Waals surface area contributed by atoms with Crippen LogP contribution in [0.4, 0.5) is 4.39 Å². The fourth-order valence-corrected chi connectivity index (χ4v) is 2.83. The second kappa shape index (κ2) is 6.32. The van der Waals surface area contributed by atoms with E-state index in [0.717, 1.165) is 35.4 Å². The summed E-state index contributed by atoms with van der Waals surface area (Å²) in [7, 11) is 1.83. The van der Waals surface area contributed by atoms with Crippen LogP contribution >= 0.6 is 0 Å². The van der Waals surface area contributed by atoms with Crippen molar-refractivity contribution in [2.75, 3.05) is 0 Å². The number of hydrogen-bond donors (Lipinski definition) is 0. The van der Waals surface area contributed by atoms with Gasteiger partial charge in [-0.2, -0.15) is 5.10 Å². The van der Waals surface area contributed by atoms with Gasteiger partial charge in [0.2, 0.25) is 0 Å². The summed E-state index contributed by atoms with van der Waals surface area (Å²) in [6.07, 6.45) is 5.37. The minimum atomic E-state index is -0.201. The summed E-state index contributed by atoms with van der Waals surface area (Å²) < 4.78 is 16.2. The van der Waals surface area contributed by atoms with Crippen molar-refractivity contribution in [3.05, 3.63) is 70.9 Å². The third-order valence-corrected chi connectivity index (χ3v) is 3.95. The molecule has 0 aliphatic carbocycles. The molecule has 0 radical (unpaired) electrons. The SMILES string of the molecule is Cc1cncc(CCc2ccc(-c3cc(C)nn3C)c(F)c2)c1. The lowest BCUT2D eigenvalue weighted by molar-refractivity contribution is 0.625. The molecule has 0 aliphatic rings. The summed E-state index contributed by atoms with van der Waals surface area (Å²) in [5, 5.41) is 4.28. The van der Waals surface area contributed by atoms with Crippen molar-refractivity contribution in [1.82, 2.24) is 14.8 Å². The standard InChI is InChI=1S/C19H20FN3/c1-13-8-16(12-21-11-13)5-4-15-6-7-17(18(20)10-15)19-9-14(2)22-23(19)3/h6-12H,4-5H2,1-3H3. The monoisotopic (exact) mass is 309 g/mol. The molecule has 1 aromatic carbocycles. The smallest absolute Gasteiger partial charge is 0.132 e. The van der Waals surface area contributed by atoms with Gasteiger partial charge in [-0.25, -0.2) is 4.39 Å². The molecule has 0 amide bonds. The van der Waals surface area contributed by atoms with E-state index < -0.39 is 0 Å². The molecule has 0 saturated carbocycles. The fraction of sp³-hybridized carbons (Fsp3) is 0.263. The second-order valence-electron chi connectivity index (χ2n) is 5.98. The predicted molar refractivity (Wildman–Crippen MR) is 89.7 cm³/mol. The van der Waals surface area contributed by atoms with E-state index in [1.54, 1.807) is 10.7 Å². The molecule has 0 unspecified atom stereocenters. The van der Waals surface area contributed by atoms with Crippen LogP contribution in [0.25, 0.3) is 11.3 Å². The molecule has 0 bridgehead atoms. The van der Waals surface area contributed by atoms with Crippen LogP contribution in [0.2, 0.25) is 0 Å². The number of aryl methyl sites for hydroxylation is 5. The lowest BCUT2D eigenvalue weighted by Crippen LogP contribution is -1.98. The number of aromatic nitrogens is 3. The van der Waals surface area contributed by atoms with E-state index >= 15 is 0 Å². The Labute approximate surface area is 135 Å². The van der Waals surface area contributed by atoms with E-state index in [9.17, 15) is 4.39 Å². The third kappa shape index (κ3) is 3.47. The Kier molecular flexibility index (Phi) is 4.24. The molecule has 0 aliphatic heterocycles. The van der Waals surface area contributed by atoms with Crippen molar-refractivity contribution < 1.29 is 4.39 Å². The molecule has 0 fully saturated rings. The van der Waals surface area contributed by atoms with E-state index in [0.29, 0.717) is 5.56 Å². The van der Waals surface area contributed by atoms with Crippen molar-refractivity contribution in [2.45, 2.75) is 26.7 Å². The highest BCUT2D eigenvalue weighted by atomic mass is 19.1. The number of rotatable bonds is 4. The molecular formula is C19H20FN3. The zero-order chi connectivity index (χ0) is 16.4. The summed E-state index contributed by atoms with van der Waals surface area (Å²) >= 11 is 0. The summed E-state index contributed by atoms with van der Waals surface area (Å²) in [6, 6.07) is 9.48. The van der Waals surface area contributed by atoms with Crippen molar-refractivity contribution >= 4 is 0 Å². The topological polar surface area (TPSA) is 30.7 Å². The Morgan fingerprint density at radius 3 is 2.43 bits per heavy atom. The molecule has 0 atom stereocenters. The fourth-order valence-electron chi connectivity index (χ4n) is 2.83. The van der Waals surface area contributed by atoms with Crippen LogP contribution in [0.1, 0.15) is 22.4 Å². The molecule has 4 heteroatoms. The van der Waals surface area contributed by atoms with Crippen LogP contribution in [0.15, 0.2) is 42.7 Å². The maximum atomic E-state index is 14.5. The van der Waals surface area contributed by atoms with Gasteiger partial charge in [0, 0.05) is 25.0 Å². The van der Waals surface area contributed by atoms with Gasteiger partial charge < -0.3 is 0 Å². The Balaban J connectivity index is 1.78. The molecule has 118 valence electrons. The lowest BCUT2D eigenvalue weighted by atomic mass is 10.0. The largest absolute Gasteiger partial charge is 0.268 e. The molecule has 0 spiro atoms. The zero-order valence-corrected chi connectivity index (χ0v) is 13.7. The molecule has 3 nitrogen and oxygen atoms in total. The van der Waals surface area contributed by atoms with Gasteiger partial charge in [0.1, 0.15) is 5.82 Å². The summed E-state index contributed by atoms with van der Waals surface area (Å²) in [5.74, 6) is -0.201. The number of benzene rings is 1. The van der Waals surface area contributed by atoms with E-state index in [1.165, 1.54) is 5.56 Å². The summed E-state index contributed by atoms with van der Waals surface area (Å²) in [5.41, 5.74) is 5.60. The second-order valence-corrected chi connectivity index (χ2v) is 5.98. The van der Waals surface area contributed by atoms with Gasteiger partial charge >= 0.3 is 0 Å². The lowest BCUT2D eigenvalue weighted by Gasteiger charge is -2.07. The van der Waals surface area contributed by atoms with E-state index in [2.05, 4.69) is 16.1 Å². The Hall–Kier alpha value is -2.49. The van der Waals surface area contributed by atoms with Gasteiger partial charge in [0.15, 0.2) is 0 Å².